The summed E-state index contributed by atoms with van der Waals surface area (Å²) in [7, 11) is 1.42. The van der Waals surface area contributed by atoms with Gasteiger partial charge in [0.05, 0.1) is 13.5 Å². The van der Waals surface area contributed by atoms with Crippen LogP contribution in [0.2, 0.25) is 0 Å². The molecule has 0 bridgehead atoms. The van der Waals surface area contributed by atoms with Crippen LogP contribution in [0.3, 0.4) is 0 Å². The number of carbonyl (C=O) groups is 2. The van der Waals surface area contributed by atoms with E-state index in [0.717, 1.165) is 16.7 Å². The second-order valence-corrected chi connectivity index (χ2v) is 5.70. The highest BCUT2D eigenvalue weighted by molar-refractivity contribution is 7.13. The molecule has 0 aliphatic heterocycles. The lowest BCUT2D eigenvalue weighted by atomic mass is 10.1. The van der Waals surface area contributed by atoms with E-state index in [1.807, 2.05) is 5.43 Å². The predicted molar refractivity (Wildman–Crippen MR) is 88.1 cm³/mol. The van der Waals surface area contributed by atoms with Crippen molar-refractivity contribution < 1.29 is 32.6 Å². The third-order valence-electron chi connectivity index (χ3n) is 3.08. The summed E-state index contributed by atoms with van der Waals surface area (Å²) in [6, 6.07) is 5.61. The van der Waals surface area contributed by atoms with Gasteiger partial charge in [-0.25, -0.2) is 9.78 Å². The minimum absolute atomic E-state index is 0.0742. The fourth-order valence-electron chi connectivity index (χ4n) is 1.77. The molecule has 0 saturated heterocycles. The molecular formula is C15H12F3N3O4S. The molecule has 0 aliphatic carbocycles. The number of hydrogen-bond donors (Lipinski definition) is 2. The number of carbonyl (C=O) groups excluding carboxylic acids is 1. The summed E-state index contributed by atoms with van der Waals surface area (Å²) in [6.45, 7) is 0. The van der Waals surface area contributed by atoms with Gasteiger partial charge < -0.3 is 9.84 Å². The van der Waals surface area contributed by atoms with Gasteiger partial charge in [0.15, 0.2) is 11.5 Å². The van der Waals surface area contributed by atoms with Gasteiger partial charge in [0.25, 0.3) is 0 Å². The molecule has 0 atom stereocenters. The van der Waals surface area contributed by atoms with E-state index in [9.17, 15) is 22.8 Å². The van der Waals surface area contributed by atoms with Crippen molar-refractivity contribution in [3.8, 4) is 5.75 Å². The molecule has 138 valence electrons. The van der Waals surface area contributed by atoms with Gasteiger partial charge >= 0.3 is 12.1 Å². The number of nitrogens with one attached hydrogen (secondary N) is 1. The number of hydrogen-bond acceptors (Lipinski definition) is 7. The second kappa shape index (κ2) is 7.95. The lowest BCUT2D eigenvalue weighted by molar-refractivity contribution is -0.0602. The van der Waals surface area contributed by atoms with E-state index in [0.29, 0.717) is 5.75 Å². The Balaban J connectivity index is 2.15. The molecule has 0 saturated carbocycles. The van der Waals surface area contributed by atoms with Crippen LogP contribution in [-0.2, 0) is 0 Å². The zero-order valence-electron chi connectivity index (χ0n) is 13.2. The lowest BCUT2D eigenvalue weighted by Gasteiger charge is -2.10. The number of anilines is 1. The van der Waals surface area contributed by atoms with Gasteiger partial charge in [0, 0.05) is 10.9 Å². The number of rotatable bonds is 7. The largest absolute Gasteiger partial charge is 0.497 e. The summed E-state index contributed by atoms with van der Waals surface area (Å²) >= 11 is 0.774. The van der Waals surface area contributed by atoms with Crippen LogP contribution in [0.5, 0.6) is 5.75 Å². The number of halogens is 3. The first-order chi connectivity index (χ1) is 12.2. The van der Waals surface area contributed by atoms with E-state index >= 15 is 0 Å². The van der Waals surface area contributed by atoms with Crippen LogP contribution in [-0.4, -0.2) is 40.8 Å². The highest BCUT2D eigenvalue weighted by Gasteiger charge is 2.37. The van der Waals surface area contributed by atoms with Crippen molar-refractivity contribution in [1.29, 1.82) is 0 Å². The summed E-state index contributed by atoms with van der Waals surface area (Å²) in [4.78, 5) is 26.3. The standard InChI is InChI=1S/C15H12F3N3O4S/c1-25-9-4-2-8(3-5-9)11(22)6-12(15(16,17)18)20-21-14-19-10(7-26-14)13(23)24/h2-5,7H,6H2,1H3,(H,19,21)(H,23,24). The van der Waals surface area contributed by atoms with Gasteiger partial charge in [-0.05, 0) is 24.3 Å². The average molecular weight is 387 g/mol. The Morgan fingerprint density at radius 1 is 1.31 bits per heavy atom. The van der Waals surface area contributed by atoms with E-state index in [2.05, 4.69) is 10.1 Å². The molecule has 0 radical (unpaired) electrons. The Hall–Kier alpha value is -2.95. The van der Waals surface area contributed by atoms with E-state index < -0.39 is 30.1 Å². The Morgan fingerprint density at radius 3 is 2.46 bits per heavy atom. The van der Waals surface area contributed by atoms with Crippen molar-refractivity contribution in [3.63, 3.8) is 0 Å². The number of aromatic nitrogens is 1. The van der Waals surface area contributed by atoms with Gasteiger partial charge in [-0.1, -0.05) is 0 Å². The first-order valence-corrected chi connectivity index (χ1v) is 7.84. The molecule has 0 unspecified atom stereocenters. The zero-order chi connectivity index (χ0) is 19.3. The number of nitrogens with zero attached hydrogens (tertiary/aromatic N) is 2. The fraction of sp³-hybridized carbons (Fsp3) is 0.200. The number of aromatic carboxylic acids is 1. The minimum atomic E-state index is -4.85. The molecule has 26 heavy (non-hydrogen) atoms. The molecule has 1 aromatic heterocycles. The third kappa shape index (κ3) is 5.02. The smallest absolute Gasteiger partial charge is 0.431 e. The van der Waals surface area contributed by atoms with Crippen LogP contribution in [0, 0.1) is 0 Å². The molecule has 0 aliphatic rings. The normalized spacial score (nSPS) is 11.9. The van der Waals surface area contributed by atoms with Crippen molar-refractivity contribution in [2.45, 2.75) is 12.6 Å². The molecule has 11 heteroatoms. The molecule has 2 N–H and O–H groups in total. The SMILES string of the molecule is COc1ccc(C(=O)CC(=NNc2nc(C(=O)O)cs2)C(F)(F)F)cc1. The lowest BCUT2D eigenvalue weighted by Crippen LogP contribution is -2.27. The molecule has 0 fully saturated rings. The topological polar surface area (TPSA) is 101 Å². The van der Waals surface area contributed by atoms with Crippen LogP contribution < -0.4 is 10.2 Å². The Bertz CT molecular complexity index is 831. The molecule has 7 nitrogen and oxygen atoms in total. The Morgan fingerprint density at radius 2 is 1.96 bits per heavy atom. The molecule has 1 aromatic carbocycles. The second-order valence-electron chi connectivity index (χ2n) is 4.84. The maximum absolute atomic E-state index is 13.1. The summed E-state index contributed by atoms with van der Waals surface area (Å²) < 4.78 is 44.2. The van der Waals surface area contributed by atoms with E-state index in [1.165, 1.54) is 31.4 Å². The number of carboxylic acids is 1. The van der Waals surface area contributed by atoms with Crippen molar-refractivity contribution in [2.75, 3.05) is 12.5 Å². The van der Waals surface area contributed by atoms with Gasteiger partial charge in [0.2, 0.25) is 5.13 Å². The molecular weight excluding hydrogens is 375 g/mol. The molecule has 0 amide bonds. The molecule has 0 spiro atoms. The van der Waals surface area contributed by atoms with Gasteiger partial charge in [-0.2, -0.15) is 18.3 Å². The summed E-state index contributed by atoms with van der Waals surface area (Å²) in [5, 5.41) is 12.9. The Labute approximate surface area is 149 Å². The highest BCUT2D eigenvalue weighted by atomic mass is 32.1. The monoisotopic (exact) mass is 387 g/mol. The van der Waals surface area contributed by atoms with Crippen LogP contribution in [0.15, 0.2) is 34.7 Å². The molecule has 2 rings (SSSR count). The number of methoxy groups -OCH3 is 1. The number of benzene rings is 1. The van der Waals surface area contributed by atoms with Crippen molar-refractivity contribution in [1.82, 2.24) is 4.98 Å². The van der Waals surface area contributed by atoms with Crippen molar-refractivity contribution in [3.05, 3.63) is 40.9 Å². The predicted octanol–water partition coefficient (Wildman–Crippen LogP) is 3.45. The van der Waals surface area contributed by atoms with Crippen LogP contribution >= 0.6 is 11.3 Å². The zero-order valence-corrected chi connectivity index (χ0v) is 14.0. The van der Waals surface area contributed by atoms with E-state index in [1.54, 1.807) is 0 Å². The Kier molecular flexibility index (Phi) is 5.93. The number of hydrazone groups is 1. The summed E-state index contributed by atoms with van der Waals surface area (Å²) in [5.74, 6) is -1.63. The first-order valence-electron chi connectivity index (χ1n) is 6.96. The number of alkyl halides is 3. The number of thiazole rings is 1. The number of ketones is 1. The number of ether oxygens (including phenoxy) is 1. The fourth-order valence-corrected chi connectivity index (χ4v) is 2.40. The summed E-state index contributed by atoms with van der Waals surface area (Å²) in [5.41, 5.74) is 0.436. The van der Waals surface area contributed by atoms with Gasteiger partial charge in [-0.3, -0.25) is 10.2 Å². The maximum Gasteiger partial charge on any atom is 0.431 e. The third-order valence-corrected chi connectivity index (χ3v) is 3.82. The quantitative estimate of drug-likeness (QED) is 0.429. The van der Waals surface area contributed by atoms with Gasteiger partial charge in [0.1, 0.15) is 11.5 Å². The van der Waals surface area contributed by atoms with Crippen molar-refractivity contribution in [2.24, 2.45) is 5.10 Å². The van der Waals surface area contributed by atoms with E-state index in [-0.39, 0.29) is 16.4 Å². The first kappa shape index (κ1) is 19.4. The highest BCUT2D eigenvalue weighted by Crippen LogP contribution is 2.23. The minimum Gasteiger partial charge on any atom is -0.497 e. The van der Waals surface area contributed by atoms with Crippen LogP contribution in [0.1, 0.15) is 27.3 Å². The van der Waals surface area contributed by atoms with Crippen LogP contribution in [0.4, 0.5) is 18.3 Å². The number of Topliss-reactive ketones (excluding diaryl/α,β-unsaturated/α-hetero) is 1. The van der Waals surface area contributed by atoms with Crippen LogP contribution in [0.25, 0.3) is 0 Å². The summed E-state index contributed by atoms with van der Waals surface area (Å²) in [6.07, 6.45) is -5.83. The van der Waals surface area contributed by atoms with Crippen molar-refractivity contribution >= 4 is 33.9 Å². The molecule has 2 aromatic rings. The maximum atomic E-state index is 13.1. The molecule has 1 heterocycles. The van der Waals surface area contributed by atoms with Gasteiger partial charge in [-0.15, -0.1) is 11.3 Å². The number of carboxylic acid groups (broad SMARTS) is 1. The average Bonchev–Trinajstić information content (AvgIpc) is 3.06. The van der Waals surface area contributed by atoms with E-state index in [4.69, 9.17) is 9.84 Å².